The Morgan fingerprint density at radius 1 is 1.33 bits per heavy atom. The fourth-order valence-electron chi connectivity index (χ4n) is 3.24. The van der Waals surface area contributed by atoms with E-state index < -0.39 is 0 Å². The molecular formula is C15H22N2O. The first-order valence-electron chi connectivity index (χ1n) is 7.00. The second-order valence-electron chi connectivity index (χ2n) is 5.30. The summed E-state index contributed by atoms with van der Waals surface area (Å²) in [7, 11) is 1.77. The van der Waals surface area contributed by atoms with Crippen molar-refractivity contribution in [3.05, 3.63) is 29.3 Å². The number of methoxy groups -OCH3 is 1. The summed E-state index contributed by atoms with van der Waals surface area (Å²) in [6.45, 7) is 4.71. The number of hydrogen-bond donors (Lipinski definition) is 1. The molecule has 1 aromatic rings. The van der Waals surface area contributed by atoms with E-state index in [0.29, 0.717) is 6.04 Å². The molecule has 1 unspecified atom stereocenters. The van der Waals surface area contributed by atoms with Crippen molar-refractivity contribution in [2.45, 2.75) is 25.3 Å². The number of hydrogen-bond acceptors (Lipinski definition) is 3. The van der Waals surface area contributed by atoms with Crippen LogP contribution in [0.5, 0.6) is 5.75 Å². The zero-order valence-corrected chi connectivity index (χ0v) is 11.1. The van der Waals surface area contributed by atoms with Crippen molar-refractivity contribution < 1.29 is 4.74 Å². The molecule has 0 saturated carbocycles. The lowest BCUT2D eigenvalue weighted by atomic mass is 9.93. The van der Waals surface area contributed by atoms with Gasteiger partial charge in [-0.25, -0.2) is 0 Å². The lowest BCUT2D eigenvalue weighted by molar-refractivity contribution is 0.282. The predicted molar refractivity (Wildman–Crippen MR) is 73.1 cm³/mol. The highest BCUT2D eigenvalue weighted by Gasteiger charge is 2.26. The van der Waals surface area contributed by atoms with Crippen LogP contribution in [-0.4, -0.2) is 38.2 Å². The summed E-state index contributed by atoms with van der Waals surface area (Å²) in [5.41, 5.74) is 2.84. The van der Waals surface area contributed by atoms with Crippen LogP contribution in [-0.2, 0) is 6.42 Å². The fourth-order valence-corrected chi connectivity index (χ4v) is 3.24. The van der Waals surface area contributed by atoms with E-state index >= 15 is 0 Å². The summed E-state index contributed by atoms with van der Waals surface area (Å²) in [6, 6.07) is 6.87. The third-order valence-electron chi connectivity index (χ3n) is 4.15. The van der Waals surface area contributed by atoms with Gasteiger partial charge in [-0.3, -0.25) is 0 Å². The largest absolute Gasteiger partial charge is 0.496 e. The first-order chi connectivity index (χ1) is 8.88. The molecular weight excluding hydrogens is 224 g/mol. The SMILES string of the molecule is COc1cccc2c1C(CN1CCCC1)NCC2. The van der Waals surface area contributed by atoms with Gasteiger partial charge in [-0.2, -0.15) is 0 Å². The van der Waals surface area contributed by atoms with E-state index in [-0.39, 0.29) is 0 Å². The van der Waals surface area contributed by atoms with E-state index in [1.807, 2.05) is 0 Å². The Morgan fingerprint density at radius 2 is 2.17 bits per heavy atom. The molecule has 1 atom stereocenters. The van der Waals surface area contributed by atoms with Gasteiger partial charge in [-0.05, 0) is 50.5 Å². The van der Waals surface area contributed by atoms with Crippen molar-refractivity contribution in [2.24, 2.45) is 0 Å². The number of nitrogens with one attached hydrogen (secondary N) is 1. The molecule has 2 aliphatic rings. The van der Waals surface area contributed by atoms with E-state index in [4.69, 9.17) is 4.74 Å². The third kappa shape index (κ3) is 2.25. The molecule has 2 heterocycles. The Morgan fingerprint density at radius 3 is 2.94 bits per heavy atom. The quantitative estimate of drug-likeness (QED) is 0.882. The van der Waals surface area contributed by atoms with Gasteiger partial charge < -0.3 is 15.0 Å². The highest BCUT2D eigenvalue weighted by atomic mass is 16.5. The number of likely N-dealkylation sites (tertiary alicyclic amines) is 1. The maximum atomic E-state index is 5.55. The molecule has 0 bridgehead atoms. The Bertz CT molecular complexity index is 399. The van der Waals surface area contributed by atoms with Crippen molar-refractivity contribution in [1.82, 2.24) is 10.2 Å². The smallest absolute Gasteiger partial charge is 0.123 e. The minimum absolute atomic E-state index is 0.433. The molecule has 3 nitrogen and oxygen atoms in total. The molecule has 0 amide bonds. The van der Waals surface area contributed by atoms with Gasteiger partial charge >= 0.3 is 0 Å². The molecule has 3 heteroatoms. The van der Waals surface area contributed by atoms with Gasteiger partial charge in [0.25, 0.3) is 0 Å². The summed E-state index contributed by atoms with van der Waals surface area (Å²) in [4.78, 5) is 2.57. The first-order valence-corrected chi connectivity index (χ1v) is 7.00. The molecule has 98 valence electrons. The highest BCUT2D eigenvalue weighted by molar-refractivity contribution is 5.44. The summed E-state index contributed by atoms with van der Waals surface area (Å²) in [5, 5.41) is 3.66. The molecule has 0 aromatic heterocycles. The van der Waals surface area contributed by atoms with E-state index in [2.05, 4.69) is 28.4 Å². The summed E-state index contributed by atoms with van der Waals surface area (Å²) < 4.78 is 5.55. The first kappa shape index (κ1) is 12.0. The predicted octanol–water partition coefficient (Wildman–Crippen LogP) is 1.98. The monoisotopic (exact) mass is 246 g/mol. The molecule has 1 fully saturated rings. The maximum Gasteiger partial charge on any atom is 0.123 e. The van der Waals surface area contributed by atoms with Crippen LogP contribution in [0.25, 0.3) is 0 Å². The van der Waals surface area contributed by atoms with Gasteiger partial charge in [0.05, 0.1) is 7.11 Å². The van der Waals surface area contributed by atoms with Crippen molar-refractivity contribution in [1.29, 1.82) is 0 Å². The van der Waals surface area contributed by atoms with Crippen molar-refractivity contribution in [2.75, 3.05) is 33.3 Å². The zero-order chi connectivity index (χ0) is 12.4. The molecule has 0 aliphatic carbocycles. The van der Waals surface area contributed by atoms with E-state index in [0.717, 1.165) is 25.3 Å². The van der Waals surface area contributed by atoms with Crippen LogP contribution in [0, 0.1) is 0 Å². The minimum atomic E-state index is 0.433. The number of rotatable bonds is 3. The van der Waals surface area contributed by atoms with E-state index in [1.54, 1.807) is 7.11 Å². The third-order valence-corrected chi connectivity index (χ3v) is 4.15. The molecule has 1 saturated heterocycles. The van der Waals surface area contributed by atoms with Crippen LogP contribution in [0.4, 0.5) is 0 Å². The fraction of sp³-hybridized carbons (Fsp3) is 0.600. The summed E-state index contributed by atoms with van der Waals surface area (Å²) in [5.74, 6) is 1.05. The summed E-state index contributed by atoms with van der Waals surface area (Å²) >= 11 is 0. The standard InChI is InChI=1S/C15H22N2O/c1-18-14-6-4-5-12-7-8-16-13(15(12)14)11-17-9-2-3-10-17/h4-6,13,16H,2-3,7-11H2,1H3. The zero-order valence-electron chi connectivity index (χ0n) is 11.1. The average Bonchev–Trinajstić information content (AvgIpc) is 2.91. The van der Waals surface area contributed by atoms with Crippen LogP contribution >= 0.6 is 0 Å². The highest BCUT2D eigenvalue weighted by Crippen LogP contribution is 2.32. The van der Waals surface area contributed by atoms with E-state index in [9.17, 15) is 0 Å². The molecule has 18 heavy (non-hydrogen) atoms. The normalized spacial score (nSPS) is 23.9. The van der Waals surface area contributed by atoms with Gasteiger partial charge in [0.2, 0.25) is 0 Å². The van der Waals surface area contributed by atoms with Crippen molar-refractivity contribution >= 4 is 0 Å². The molecule has 3 rings (SSSR count). The molecule has 1 N–H and O–H groups in total. The number of fused-ring (bicyclic) bond motifs is 1. The van der Waals surface area contributed by atoms with Gasteiger partial charge in [-0.15, -0.1) is 0 Å². The molecule has 1 aromatic carbocycles. The van der Waals surface area contributed by atoms with Crippen LogP contribution in [0.2, 0.25) is 0 Å². The van der Waals surface area contributed by atoms with Crippen LogP contribution in [0.3, 0.4) is 0 Å². The Labute approximate surface area is 109 Å². The number of nitrogens with zero attached hydrogens (tertiary/aromatic N) is 1. The summed E-state index contributed by atoms with van der Waals surface area (Å²) in [6.07, 6.45) is 3.82. The Hall–Kier alpha value is -1.06. The lowest BCUT2D eigenvalue weighted by Crippen LogP contribution is -2.38. The Balaban J connectivity index is 1.85. The van der Waals surface area contributed by atoms with Crippen LogP contribution < -0.4 is 10.1 Å². The molecule has 0 radical (unpaired) electrons. The maximum absolute atomic E-state index is 5.55. The second-order valence-corrected chi connectivity index (χ2v) is 5.30. The Kier molecular flexibility index (Phi) is 3.52. The molecule has 2 aliphatic heterocycles. The minimum Gasteiger partial charge on any atom is -0.496 e. The average molecular weight is 246 g/mol. The number of ether oxygens (including phenoxy) is 1. The number of benzene rings is 1. The van der Waals surface area contributed by atoms with Gasteiger partial charge in [0.15, 0.2) is 0 Å². The van der Waals surface area contributed by atoms with E-state index in [1.165, 1.54) is 37.1 Å². The van der Waals surface area contributed by atoms with Gasteiger partial charge in [-0.1, -0.05) is 12.1 Å². The second kappa shape index (κ2) is 5.29. The van der Waals surface area contributed by atoms with Crippen molar-refractivity contribution in [3.63, 3.8) is 0 Å². The lowest BCUT2D eigenvalue weighted by Gasteiger charge is -2.31. The van der Waals surface area contributed by atoms with Gasteiger partial charge in [0.1, 0.15) is 5.75 Å². The van der Waals surface area contributed by atoms with Crippen LogP contribution in [0.1, 0.15) is 30.0 Å². The van der Waals surface area contributed by atoms with Crippen LogP contribution in [0.15, 0.2) is 18.2 Å². The molecule has 0 spiro atoms. The topological polar surface area (TPSA) is 24.5 Å². The van der Waals surface area contributed by atoms with Gasteiger partial charge in [0, 0.05) is 18.2 Å². The van der Waals surface area contributed by atoms with Crippen molar-refractivity contribution in [3.8, 4) is 5.75 Å².